The molecule has 1 nitrogen and oxygen atoms in total. The smallest absolute Gasteiger partial charge is 0.150 e. The van der Waals surface area contributed by atoms with Gasteiger partial charge in [-0.3, -0.25) is 4.79 Å². The molecule has 0 fully saturated rings. The van der Waals surface area contributed by atoms with Gasteiger partial charge in [-0.05, 0) is 23.3 Å². The average Bonchev–Trinajstić information content (AvgIpc) is 2.16. The van der Waals surface area contributed by atoms with E-state index in [4.69, 9.17) is 0 Å². The zero-order valence-electron chi connectivity index (χ0n) is 6.88. The van der Waals surface area contributed by atoms with Crippen LogP contribution < -0.4 is 0 Å². The average molecular weight is 450 g/mol. The molecule has 76 valence electrons. The Morgan fingerprint density at radius 3 is 1.64 bits per heavy atom. The van der Waals surface area contributed by atoms with E-state index in [1.54, 1.807) is 0 Å². The molecule has 0 saturated heterocycles. The molecular weight excluding hydrogens is 444 g/mol. The molecular formula is C9H6Br4O. The molecule has 5 heteroatoms. The van der Waals surface area contributed by atoms with Gasteiger partial charge in [-0.2, -0.15) is 0 Å². The Kier molecular flexibility index (Phi) is 5.31. The summed E-state index contributed by atoms with van der Waals surface area (Å²) in [6, 6.07) is 5.69. The number of carbonyl (C=O) groups is 1. The molecule has 0 bridgehead atoms. The van der Waals surface area contributed by atoms with Crippen molar-refractivity contribution in [3.8, 4) is 0 Å². The number of carbonyl (C=O) groups excluding carboxylic acids is 1. The van der Waals surface area contributed by atoms with Gasteiger partial charge in [0, 0.05) is 5.56 Å². The topological polar surface area (TPSA) is 17.1 Å². The van der Waals surface area contributed by atoms with Crippen LogP contribution in [-0.4, -0.2) is 6.29 Å². The third-order valence-corrected chi connectivity index (χ3v) is 3.75. The van der Waals surface area contributed by atoms with E-state index in [2.05, 4.69) is 63.7 Å². The Hall–Kier alpha value is 0.810. The lowest BCUT2D eigenvalue weighted by molar-refractivity contribution is 0.112. The molecule has 1 rings (SSSR count). The Bertz CT molecular complexity index is 309. The predicted octanol–water partition coefficient (Wildman–Crippen LogP) is 5.08. The molecule has 0 N–H and O–H groups in total. The van der Waals surface area contributed by atoms with E-state index in [0.29, 0.717) is 5.56 Å². The zero-order chi connectivity index (χ0) is 10.7. The Balaban J connectivity index is 3.20. The Morgan fingerprint density at radius 1 is 0.929 bits per heavy atom. The van der Waals surface area contributed by atoms with Gasteiger partial charge in [0.25, 0.3) is 0 Å². The quantitative estimate of drug-likeness (QED) is 0.465. The van der Waals surface area contributed by atoms with Crippen molar-refractivity contribution in [3.05, 3.63) is 34.9 Å². The summed E-state index contributed by atoms with van der Waals surface area (Å²) in [6.45, 7) is 0. The largest absolute Gasteiger partial charge is 0.298 e. The van der Waals surface area contributed by atoms with Gasteiger partial charge in [-0.1, -0.05) is 69.8 Å². The van der Waals surface area contributed by atoms with Crippen molar-refractivity contribution < 1.29 is 4.79 Å². The van der Waals surface area contributed by atoms with Gasteiger partial charge in [0.2, 0.25) is 0 Å². The molecule has 0 spiro atoms. The third kappa shape index (κ3) is 3.43. The lowest BCUT2D eigenvalue weighted by atomic mass is 10.1. The Labute approximate surface area is 116 Å². The van der Waals surface area contributed by atoms with E-state index >= 15 is 0 Å². The van der Waals surface area contributed by atoms with Crippen LogP contribution in [-0.2, 0) is 0 Å². The summed E-state index contributed by atoms with van der Waals surface area (Å²) in [4.78, 5) is 10.7. The first-order chi connectivity index (χ1) is 6.54. The normalized spacial score (nSPS) is 11.0. The van der Waals surface area contributed by atoms with Crippen molar-refractivity contribution in [1.82, 2.24) is 0 Å². The summed E-state index contributed by atoms with van der Waals surface area (Å²) in [5, 5.41) is 0. The number of alkyl halides is 4. The number of rotatable bonds is 3. The predicted molar refractivity (Wildman–Crippen MR) is 73.0 cm³/mol. The van der Waals surface area contributed by atoms with E-state index in [-0.39, 0.29) is 7.47 Å². The van der Waals surface area contributed by atoms with Crippen molar-refractivity contribution in [2.45, 2.75) is 7.47 Å². The fraction of sp³-hybridized carbons (Fsp3) is 0.222. The number of hydrogen-bond donors (Lipinski definition) is 0. The minimum atomic E-state index is 0.0624. The minimum Gasteiger partial charge on any atom is -0.298 e. The lowest BCUT2D eigenvalue weighted by Gasteiger charge is -2.08. The van der Waals surface area contributed by atoms with E-state index < -0.39 is 0 Å². The highest BCUT2D eigenvalue weighted by atomic mass is 79.9. The molecule has 1 aromatic carbocycles. The van der Waals surface area contributed by atoms with Gasteiger partial charge in [-0.25, -0.2) is 0 Å². The van der Waals surface area contributed by atoms with Crippen LogP contribution in [0.15, 0.2) is 18.2 Å². The molecule has 0 amide bonds. The second-order valence-corrected chi connectivity index (χ2v) is 8.77. The molecule has 1 aromatic rings. The van der Waals surface area contributed by atoms with Crippen molar-refractivity contribution in [2.24, 2.45) is 0 Å². The van der Waals surface area contributed by atoms with Gasteiger partial charge < -0.3 is 0 Å². The summed E-state index contributed by atoms with van der Waals surface area (Å²) >= 11 is 13.6. The van der Waals surface area contributed by atoms with Crippen LogP contribution in [0.2, 0.25) is 0 Å². The SMILES string of the molecule is O=Cc1cc(C(Br)Br)cc(C(Br)Br)c1. The fourth-order valence-corrected chi connectivity index (χ4v) is 2.08. The summed E-state index contributed by atoms with van der Waals surface area (Å²) in [5.74, 6) is 0. The molecule has 0 aliphatic heterocycles. The maximum atomic E-state index is 10.7. The van der Waals surface area contributed by atoms with Crippen LogP contribution in [0.4, 0.5) is 0 Å². The molecule has 0 atom stereocenters. The molecule has 0 aliphatic carbocycles. The van der Waals surface area contributed by atoms with E-state index in [1.807, 2.05) is 18.2 Å². The second kappa shape index (κ2) is 5.77. The zero-order valence-corrected chi connectivity index (χ0v) is 13.2. The fourth-order valence-electron chi connectivity index (χ4n) is 1.02. The van der Waals surface area contributed by atoms with Crippen LogP contribution in [0, 0.1) is 0 Å². The number of benzene rings is 1. The lowest BCUT2D eigenvalue weighted by Crippen LogP contribution is -1.91. The van der Waals surface area contributed by atoms with E-state index in [0.717, 1.165) is 17.4 Å². The first-order valence-electron chi connectivity index (χ1n) is 3.71. The van der Waals surface area contributed by atoms with Crippen molar-refractivity contribution in [1.29, 1.82) is 0 Å². The number of halogens is 4. The third-order valence-electron chi connectivity index (χ3n) is 1.64. The highest BCUT2D eigenvalue weighted by molar-refractivity contribution is 9.24. The second-order valence-electron chi connectivity index (χ2n) is 2.65. The number of hydrogen-bond acceptors (Lipinski definition) is 1. The van der Waals surface area contributed by atoms with E-state index in [1.165, 1.54) is 0 Å². The van der Waals surface area contributed by atoms with Gasteiger partial charge in [0.15, 0.2) is 0 Å². The maximum Gasteiger partial charge on any atom is 0.150 e. The van der Waals surface area contributed by atoms with Crippen LogP contribution in [0.25, 0.3) is 0 Å². The first kappa shape index (κ1) is 12.9. The highest BCUT2D eigenvalue weighted by Gasteiger charge is 2.09. The molecule has 0 aliphatic rings. The van der Waals surface area contributed by atoms with Gasteiger partial charge >= 0.3 is 0 Å². The van der Waals surface area contributed by atoms with Gasteiger partial charge in [0.1, 0.15) is 6.29 Å². The van der Waals surface area contributed by atoms with Crippen LogP contribution in [0.3, 0.4) is 0 Å². The van der Waals surface area contributed by atoms with Gasteiger partial charge in [0.05, 0.1) is 7.47 Å². The van der Waals surface area contributed by atoms with Crippen molar-refractivity contribution in [2.75, 3.05) is 0 Å². The minimum absolute atomic E-state index is 0.0624. The molecule has 0 saturated carbocycles. The highest BCUT2D eigenvalue weighted by Crippen LogP contribution is 2.35. The van der Waals surface area contributed by atoms with Crippen LogP contribution >= 0.6 is 63.7 Å². The van der Waals surface area contributed by atoms with Gasteiger partial charge in [-0.15, -0.1) is 0 Å². The molecule has 0 aromatic heterocycles. The summed E-state index contributed by atoms with van der Waals surface area (Å²) in [5.41, 5.74) is 2.72. The first-order valence-corrected chi connectivity index (χ1v) is 7.37. The molecule has 14 heavy (non-hydrogen) atoms. The Morgan fingerprint density at radius 2 is 1.36 bits per heavy atom. The molecule has 0 unspecified atom stereocenters. The monoisotopic (exact) mass is 446 g/mol. The van der Waals surface area contributed by atoms with Crippen LogP contribution in [0.1, 0.15) is 29.0 Å². The van der Waals surface area contributed by atoms with E-state index in [9.17, 15) is 4.79 Å². The standard InChI is InChI=1S/C9H6Br4O/c10-8(11)6-1-5(4-14)2-7(3-6)9(12)13/h1-4,8-9H. The number of aldehydes is 1. The summed E-state index contributed by atoms with van der Waals surface area (Å²) in [6.07, 6.45) is 0.845. The van der Waals surface area contributed by atoms with Crippen molar-refractivity contribution >= 4 is 70.0 Å². The summed E-state index contributed by atoms with van der Waals surface area (Å²) < 4.78 is 0.125. The van der Waals surface area contributed by atoms with Crippen LogP contribution in [0.5, 0.6) is 0 Å². The van der Waals surface area contributed by atoms with Crippen molar-refractivity contribution in [3.63, 3.8) is 0 Å². The molecule has 0 radical (unpaired) electrons. The maximum absolute atomic E-state index is 10.7. The summed E-state index contributed by atoms with van der Waals surface area (Å²) in [7, 11) is 0. The molecule has 0 heterocycles.